The predicted octanol–water partition coefficient (Wildman–Crippen LogP) is 3.58. The van der Waals surface area contributed by atoms with Crippen LogP contribution in [0, 0.1) is 0 Å². The van der Waals surface area contributed by atoms with E-state index in [9.17, 15) is 9.59 Å². The van der Waals surface area contributed by atoms with Gasteiger partial charge < -0.3 is 9.84 Å². The van der Waals surface area contributed by atoms with Gasteiger partial charge in [0.05, 0.1) is 0 Å². The van der Waals surface area contributed by atoms with Gasteiger partial charge in [0.25, 0.3) is 0 Å². The highest BCUT2D eigenvalue weighted by molar-refractivity contribution is 5.92. The predicted molar refractivity (Wildman–Crippen MR) is 82.2 cm³/mol. The number of hydrogen-bond donors (Lipinski definition) is 1. The SMILES string of the molecule is C=C(C)C(=O)O.C=CC(=O)Oc1cccc2ccccc12. The number of carboxylic acid groups (broad SMARTS) is 1. The first-order chi connectivity index (χ1) is 9.95. The first kappa shape index (κ1) is 16.2. The van der Waals surface area contributed by atoms with Crippen LogP contribution in [0.3, 0.4) is 0 Å². The lowest BCUT2D eigenvalue weighted by Crippen LogP contribution is -2.03. The molecule has 0 radical (unpaired) electrons. The van der Waals surface area contributed by atoms with E-state index in [-0.39, 0.29) is 5.57 Å². The second kappa shape index (κ2) is 7.65. The zero-order valence-corrected chi connectivity index (χ0v) is 11.7. The van der Waals surface area contributed by atoms with Crippen LogP contribution in [-0.4, -0.2) is 17.0 Å². The van der Waals surface area contributed by atoms with Crippen LogP contribution in [0.2, 0.25) is 0 Å². The number of esters is 1. The second-order valence-corrected chi connectivity index (χ2v) is 4.19. The van der Waals surface area contributed by atoms with Crippen molar-refractivity contribution in [2.45, 2.75) is 6.92 Å². The molecule has 2 aromatic carbocycles. The maximum atomic E-state index is 11.1. The number of hydrogen-bond acceptors (Lipinski definition) is 3. The molecular weight excluding hydrogens is 268 g/mol. The molecule has 0 saturated carbocycles. The molecule has 0 bridgehead atoms. The molecule has 1 N–H and O–H groups in total. The lowest BCUT2D eigenvalue weighted by Gasteiger charge is -2.05. The van der Waals surface area contributed by atoms with E-state index in [1.807, 2.05) is 36.4 Å². The number of benzene rings is 2. The van der Waals surface area contributed by atoms with Crippen molar-refractivity contribution in [3.05, 3.63) is 67.3 Å². The second-order valence-electron chi connectivity index (χ2n) is 4.19. The molecule has 108 valence electrons. The Balaban J connectivity index is 0.000000315. The van der Waals surface area contributed by atoms with Crippen LogP contribution in [0.5, 0.6) is 5.75 Å². The van der Waals surface area contributed by atoms with E-state index in [2.05, 4.69) is 13.2 Å². The molecular formula is C17H16O4. The molecule has 4 heteroatoms. The summed E-state index contributed by atoms with van der Waals surface area (Å²) in [6, 6.07) is 13.3. The highest BCUT2D eigenvalue weighted by Crippen LogP contribution is 2.25. The number of carboxylic acids is 1. The third-order valence-electron chi connectivity index (χ3n) is 2.49. The molecule has 0 aliphatic rings. The minimum atomic E-state index is -0.935. The van der Waals surface area contributed by atoms with E-state index < -0.39 is 11.9 Å². The van der Waals surface area contributed by atoms with E-state index in [4.69, 9.17) is 9.84 Å². The molecule has 21 heavy (non-hydrogen) atoms. The van der Waals surface area contributed by atoms with Crippen molar-refractivity contribution < 1.29 is 19.4 Å². The van der Waals surface area contributed by atoms with E-state index in [1.165, 1.54) is 6.92 Å². The van der Waals surface area contributed by atoms with Crippen LogP contribution in [-0.2, 0) is 9.59 Å². The topological polar surface area (TPSA) is 63.6 Å². The molecule has 4 nitrogen and oxygen atoms in total. The first-order valence-electron chi connectivity index (χ1n) is 6.16. The van der Waals surface area contributed by atoms with E-state index in [0.717, 1.165) is 16.8 Å². The highest BCUT2D eigenvalue weighted by Gasteiger charge is 2.03. The molecule has 0 saturated heterocycles. The Bertz CT molecular complexity index is 669. The van der Waals surface area contributed by atoms with Crippen molar-refractivity contribution >= 4 is 22.7 Å². The summed E-state index contributed by atoms with van der Waals surface area (Å²) in [5.41, 5.74) is 0.176. The van der Waals surface area contributed by atoms with Gasteiger partial charge in [-0.25, -0.2) is 9.59 Å². The van der Waals surface area contributed by atoms with E-state index in [1.54, 1.807) is 6.07 Å². The fourth-order valence-electron chi connectivity index (χ4n) is 1.43. The number of rotatable bonds is 3. The van der Waals surface area contributed by atoms with Gasteiger partial charge >= 0.3 is 11.9 Å². The first-order valence-corrected chi connectivity index (χ1v) is 6.16. The Labute approximate surface area is 123 Å². The van der Waals surface area contributed by atoms with Crippen LogP contribution < -0.4 is 4.74 Å². The van der Waals surface area contributed by atoms with Crippen molar-refractivity contribution in [3.63, 3.8) is 0 Å². The van der Waals surface area contributed by atoms with Gasteiger partial charge in [-0.1, -0.05) is 49.6 Å². The summed E-state index contributed by atoms with van der Waals surface area (Å²) in [5.74, 6) is -0.806. The minimum Gasteiger partial charge on any atom is -0.478 e. The van der Waals surface area contributed by atoms with Crippen molar-refractivity contribution in [3.8, 4) is 5.75 Å². The molecule has 2 aromatic rings. The highest BCUT2D eigenvalue weighted by atomic mass is 16.5. The van der Waals surface area contributed by atoms with Crippen LogP contribution in [0.1, 0.15) is 6.92 Å². The number of aliphatic carboxylic acids is 1. The fourth-order valence-corrected chi connectivity index (χ4v) is 1.43. The Morgan fingerprint density at radius 3 is 2.29 bits per heavy atom. The van der Waals surface area contributed by atoms with Gasteiger partial charge in [-0.2, -0.15) is 0 Å². The zero-order chi connectivity index (χ0) is 15.8. The van der Waals surface area contributed by atoms with Gasteiger partial charge in [0.1, 0.15) is 5.75 Å². The average Bonchev–Trinajstić information content (AvgIpc) is 2.48. The summed E-state index contributed by atoms with van der Waals surface area (Å²) in [6.07, 6.45) is 1.15. The molecule has 0 unspecified atom stereocenters. The Morgan fingerprint density at radius 2 is 1.71 bits per heavy atom. The van der Waals surface area contributed by atoms with E-state index >= 15 is 0 Å². The van der Waals surface area contributed by atoms with Gasteiger partial charge in [-0.05, 0) is 18.4 Å². The largest absolute Gasteiger partial charge is 0.478 e. The summed E-state index contributed by atoms with van der Waals surface area (Å²) in [6.45, 7) is 7.96. The van der Waals surface area contributed by atoms with Gasteiger partial charge in [0.15, 0.2) is 0 Å². The monoisotopic (exact) mass is 284 g/mol. The molecule has 0 heterocycles. The Kier molecular flexibility index (Phi) is 5.89. The molecule has 0 aliphatic carbocycles. The van der Waals surface area contributed by atoms with Crippen molar-refractivity contribution in [2.75, 3.05) is 0 Å². The molecule has 0 amide bonds. The normalized spacial score (nSPS) is 9.19. The summed E-state index contributed by atoms with van der Waals surface area (Å²) < 4.78 is 5.12. The average molecular weight is 284 g/mol. The summed E-state index contributed by atoms with van der Waals surface area (Å²) in [4.78, 5) is 20.7. The molecule has 0 spiro atoms. The zero-order valence-electron chi connectivity index (χ0n) is 11.7. The molecule has 0 aromatic heterocycles. The van der Waals surface area contributed by atoms with Gasteiger partial charge in [-0.15, -0.1) is 0 Å². The Morgan fingerprint density at radius 1 is 1.14 bits per heavy atom. The van der Waals surface area contributed by atoms with Crippen molar-refractivity contribution in [1.29, 1.82) is 0 Å². The lowest BCUT2D eigenvalue weighted by molar-refractivity contribution is -0.132. The minimum absolute atomic E-state index is 0.176. The number of carbonyl (C=O) groups is 2. The maximum absolute atomic E-state index is 11.1. The molecule has 0 atom stereocenters. The fraction of sp³-hybridized carbons (Fsp3) is 0.0588. The molecule has 0 aliphatic heterocycles. The third kappa shape index (κ3) is 4.95. The third-order valence-corrected chi connectivity index (χ3v) is 2.49. The lowest BCUT2D eigenvalue weighted by atomic mass is 10.1. The van der Waals surface area contributed by atoms with Gasteiger partial charge in [0, 0.05) is 17.0 Å². The van der Waals surface area contributed by atoms with Crippen LogP contribution >= 0.6 is 0 Å². The Hall–Kier alpha value is -2.88. The van der Waals surface area contributed by atoms with E-state index in [0.29, 0.717) is 5.75 Å². The van der Waals surface area contributed by atoms with Gasteiger partial charge in [0.2, 0.25) is 0 Å². The quantitative estimate of drug-likeness (QED) is 0.531. The smallest absolute Gasteiger partial charge is 0.335 e. The van der Waals surface area contributed by atoms with Crippen LogP contribution in [0.4, 0.5) is 0 Å². The van der Waals surface area contributed by atoms with Crippen LogP contribution in [0.25, 0.3) is 10.8 Å². The number of ether oxygens (including phenoxy) is 1. The molecule has 0 fully saturated rings. The van der Waals surface area contributed by atoms with Gasteiger partial charge in [-0.3, -0.25) is 0 Å². The number of carbonyl (C=O) groups excluding carboxylic acids is 1. The van der Waals surface area contributed by atoms with Crippen molar-refractivity contribution in [1.82, 2.24) is 0 Å². The van der Waals surface area contributed by atoms with Crippen molar-refractivity contribution in [2.24, 2.45) is 0 Å². The standard InChI is InChI=1S/C13H10O2.C4H6O2/c1-2-13(14)15-12-9-5-7-10-6-3-4-8-11(10)12;1-3(2)4(5)6/h2-9H,1H2;1H2,2H3,(H,5,6). The molecule has 2 rings (SSSR count). The number of fused-ring (bicyclic) bond motifs is 1. The summed E-state index contributed by atoms with van der Waals surface area (Å²) >= 11 is 0. The van der Waals surface area contributed by atoms with Crippen LogP contribution in [0.15, 0.2) is 67.3 Å². The summed E-state index contributed by atoms with van der Waals surface area (Å²) in [7, 11) is 0. The maximum Gasteiger partial charge on any atom is 0.335 e. The summed E-state index contributed by atoms with van der Waals surface area (Å²) in [5, 5.41) is 9.87.